The van der Waals surface area contributed by atoms with Crippen LogP contribution in [0.2, 0.25) is 0 Å². The van der Waals surface area contributed by atoms with Crippen molar-refractivity contribution in [3.63, 3.8) is 0 Å². The van der Waals surface area contributed by atoms with Crippen LogP contribution in [0.3, 0.4) is 0 Å². The molecule has 3 rings (SSSR count). The van der Waals surface area contributed by atoms with Gasteiger partial charge in [0, 0.05) is 5.39 Å². The Morgan fingerprint density at radius 3 is 2.18 bits per heavy atom. The lowest BCUT2D eigenvalue weighted by molar-refractivity contribution is 0.00578. The van der Waals surface area contributed by atoms with E-state index in [0.29, 0.717) is 11.3 Å². The number of nitrogens with zero attached hydrogens (tertiary/aromatic N) is 2. The molecule has 1 aliphatic heterocycles. The molecule has 22 heavy (non-hydrogen) atoms. The SMILES string of the molecule is Cc1cc(B2OC(C)(C)C(C)(C)O2)cc2nc(N)nc(N)c12. The van der Waals surface area contributed by atoms with Crippen LogP contribution in [0.15, 0.2) is 12.1 Å². The Labute approximate surface area is 130 Å². The standard InChI is InChI=1S/C15H21BN4O2/c1-8-6-9(16-21-14(2,3)15(4,5)22-16)7-10-11(8)12(17)20-13(18)19-10/h6-7H,1-5H3,(H4,17,18,19,20). The van der Waals surface area contributed by atoms with Gasteiger partial charge in [-0.3, -0.25) is 0 Å². The molecular formula is C15H21BN4O2. The third-order valence-corrected chi connectivity index (χ3v) is 4.59. The predicted molar refractivity (Wildman–Crippen MR) is 88.8 cm³/mol. The molecule has 0 amide bonds. The van der Waals surface area contributed by atoms with Gasteiger partial charge in [-0.25, -0.2) is 4.98 Å². The van der Waals surface area contributed by atoms with Crippen LogP contribution in [-0.4, -0.2) is 28.3 Å². The van der Waals surface area contributed by atoms with Crippen molar-refractivity contribution >= 4 is 35.3 Å². The maximum atomic E-state index is 6.09. The second-order valence-corrected chi connectivity index (χ2v) is 6.79. The highest BCUT2D eigenvalue weighted by atomic mass is 16.7. The Morgan fingerprint density at radius 2 is 1.59 bits per heavy atom. The van der Waals surface area contributed by atoms with E-state index >= 15 is 0 Å². The summed E-state index contributed by atoms with van der Waals surface area (Å²) < 4.78 is 12.2. The Balaban J connectivity index is 2.10. The second-order valence-electron chi connectivity index (χ2n) is 6.79. The Bertz CT molecular complexity index is 745. The summed E-state index contributed by atoms with van der Waals surface area (Å²) in [6.45, 7) is 10.1. The largest absolute Gasteiger partial charge is 0.494 e. The van der Waals surface area contributed by atoms with Crippen molar-refractivity contribution in [2.24, 2.45) is 0 Å². The van der Waals surface area contributed by atoms with Crippen molar-refractivity contribution in [1.82, 2.24) is 9.97 Å². The molecule has 1 aromatic carbocycles. The van der Waals surface area contributed by atoms with Gasteiger partial charge in [-0.2, -0.15) is 4.98 Å². The van der Waals surface area contributed by atoms with Gasteiger partial charge >= 0.3 is 7.12 Å². The lowest BCUT2D eigenvalue weighted by Gasteiger charge is -2.32. The number of rotatable bonds is 1. The van der Waals surface area contributed by atoms with Crippen LogP contribution in [0.4, 0.5) is 11.8 Å². The molecule has 0 aliphatic carbocycles. The molecule has 0 atom stereocenters. The molecule has 116 valence electrons. The molecular weight excluding hydrogens is 279 g/mol. The van der Waals surface area contributed by atoms with Crippen molar-refractivity contribution in [2.45, 2.75) is 45.8 Å². The number of anilines is 2. The van der Waals surface area contributed by atoms with E-state index in [9.17, 15) is 0 Å². The van der Waals surface area contributed by atoms with Crippen molar-refractivity contribution in [3.05, 3.63) is 17.7 Å². The molecule has 1 aliphatic rings. The summed E-state index contributed by atoms with van der Waals surface area (Å²) >= 11 is 0. The van der Waals surface area contributed by atoms with Gasteiger partial charge in [-0.1, -0.05) is 6.07 Å². The van der Waals surface area contributed by atoms with Gasteiger partial charge in [0.15, 0.2) is 0 Å². The van der Waals surface area contributed by atoms with E-state index in [1.165, 1.54) is 0 Å². The van der Waals surface area contributed by atoms with Gasteiger partial charge in [0.05, 0.1) is 16.7 Å². The smallest absolute Gasteiger partial charge is 0.399 e. The molecule has 2 aromatic rings. The number of aromatic nitrogens is 2. The van der Waals surface area contributed by atoms with Crippen molar-refractivity contribution in [2.75, 3.05) is 11.5 Å². The minimum atomic E-state index is -0.439. The highest BCUT2D eigenvalue weighted by Gasteiger charge is 2.51. The van der Waals surface area contributed by atoms with Crippen molar-refractivity contribution < 1.29 is 9.31 Å². The fourth-order valence-electron chi connectivity index (χ4n) is 2.66. The molecule has 4 N–H and O–H groups in total. The number of fused-ring (bicyclic) bond motifs is 1. The number of hydrogen-bond acceptors (Lipinski definition) is 6. The van der Waals surface area contributed by atoms with Crippen molar-refractivity contribution in [3.8, 4) is 0 Å². The quantitative estimate of drug-likeness (QED) is 0.773. The molecule has 2 heterocycles. The summed E-state index contributed by atoms with van der Waals surface area (Å²) in [4.78, 5) is 8.30. The lowest BCUT2D eigenvalue weighted by Crippen LogP contribution is -2.41. The zero-order chi connectivity index (χ0) is 16.3. The lowest BCUT2D eigenvalue weighted by atomic mass is 9.78. The normalized spacial score (nSPS) is 19.8. The molecule has 0 spiro atoms. The van der Waals surface area contributed by atoms with Gasteiger partial charge in [0.25, 0.3) is 0 Å². The molecule has 0 radical (unpaired) electrons. The first-order valence-electron chi connectivity index (χ1n) is 7.29. The average molecular weight is 300 g/mol. The molecule has 0 saturated carbocycles. The third kappa shape index (κ3) is 2.21. The first-order valence-corrected chi connectivity index (χ1v) is 7.29. The summed E-state index contributed by atoms with van der Waals surface area (Å²) in [5, 5.41) is 0.814. The highest BCUT2D eigenvalue weighted by molar-refractivity contribution is 6.62. The van der Waals surface area contributed by atoms with Gasteiger partial charge in [0.1, 0.15) is 5.82 Å². The first-order chi connectivity index (χ1) is 10.1. The summed E-state index contributed by atoms with van der Waals surface area (Å²) in [5.74, 6) is 0.552. The highest BCUT2D eigenvalue weighted by Crippen LogP contribution is 2.36. The van der Waals surface area contributed by atoms with E-state index in [-0.39, 0.29) is 17.2 Å². The third-order valence-electron chi connectivity index (χ3n) is 4.59. The Hall–Kier alpha value is -1.86. The number of aryl methyl sites for hydroxylation is 1. The fourth-order valence-corrected chi connectivity index (χ4v) is 2.66. The van der Waals surface area contributed by atoms with Gasteiger partial charge in [0.2, 0.25) is 5.95 Å². The van der Waals surface area contributed by atoms with Crippen LogP contribution in [0.25, 0.3) is 10.9 Å². The van der Waals surface area contributed by atoms with E-state index in [1.54, 1.807) is 0 Å². The van der Waals surface area contributed by atoms with Crippen LogP contribution in [0, 0.1) is 6.92 Å². The van der Waals surface area contributed by atoms with Gasteiger partial charge in [-0.15, -0.1) is 0 Å². The summed E-state index contributed by atoms with van der Waals surface area (Å²) in [6.07, 6.45) is 0. The van der Waals surface area contributed by atoms with E-state index in [4.69, 9.17) is 20.8 Å². The van der Waals surface area contributed by atoms with Crippen LogP contribution in [0.5, 0.6) is 0 Å². The van der Waals surface area contributed by atoms with Crippen LogP contribution >= 0.6 is 0 Å². The Morgan fingerprint density at radius 1 is 1.00 bits per heavy atom. The number of nitrogens with two attached hydrogens (primary N) is 2. The van der Waals surface area contributed by atoms with Crippen molar-refractivity contribution in [1.29, 1.82) is 0 Å². The second kappa shape index (κ2) is 4.57. The predicted octanol–water partition coefficient (Wildman–Crippen LogP) is 1.40. The van der Waals surface area contributed by atoms with Gasteiger partial charge in [-0.05, 0) is 51.7 Å². The molecule has 1 saturated heterocycles. The van der Waals surface area contributed by atoms with Crippen LogP contribution < -0.4 is 16.9 Å². The van der Waals surface area contributed by atoms with Gasteiger partial charge < -0.3 is 20.8 Å². The molecule has 0 unspecified atom stereocenters. The van der Waals surface area contributed by atoms with Crippen LogP contribution in [-0.2, 0) is 9.31 Å². The van der Waals surface area contributed by atoms with Crippen LogP contribution in [0.1, 0.15) is 33.3 Å². The summed E-state index contributed by atoms with van der Waals surface area (Å²) in [5.41, 5.74) is 13.5. The molecule has 1 fully saturated rings. The first kappa shape index (κ1) is 15.1. The topological polar surface area (TPSA) is 96.3 Å². The van der Waals surface area contributed by atoms with E-state index in [0.717, 1.165) is 16.4 Å². The van der Waals surface area contributed by atoms with E-state index in [1.807, 2.05) is 46.8 Å². The zero-order valence-electron chi connectivity index (χ0n) is 13.6. The summed E-state index contributed by atoms with van der Waals surface area (Å²) in [7, 11) is -0.439. The molecule has 6 nitrogen and oxygen atoms in total. The maximum Gasteiger partial charge on any atom is 0.494 e. The number of hydrogen-bond donors (Lipinski definition) is 2. The van der Waals surface area contributed by atoms with E-state index in [2.05, 4.69) is 9.97 Å². The van der Waals surface area contributed by atoms with E-state index < -0.39 is 7.12 Å². The molecule has 0 bridgehead atoms. The minimum Gasteiger partial charge on any atom is -0.399 e. The molecule has 7 heteroatoms. The number of benzene rings is 1. The summed E-state index contributed by atoms with van der Waals surface area (Å²) in [6, 6.07) is 3.90. The minimum absolute atomic E-state index is 0.162. The molecule has 1 aromatic heterocycles. The number of nitrogen functional groups attached to an aromatic ring is 2. The monoisotopic (exact) mass is 300 g/mol. The Kier molecular flexibility index (Phi) is 3.13. The average Bonchev–Trinajstić information content (AvgIpc) is 2.56. The fraction of sp³-hybridized carbons (Fsp3) is 0.467. The zero-order valence-corrected chi connectivity index (χ0v) is 13.6. The maximum absolute atomic E-state index is 6.09.